The quantitative estimate of drug-likeness (QED) is 0.797. The lowest BCUT2D eigenvalue weighted by Crippen LogP contribution is -2.17. The fourth-order valence-corrected chi connectivity index (χ4v) is 1.71. The average Bonchev–Trinajstić information content (AvgIpc) is 2.36. The molecule has 0 atom stereocenters. The molecule has 0 aliphatic rings. The second-order valence-electron chi connectivity index (χ2n) is 4.13. The molecule has 17 heavy (non-hydrogen) atoms. The van der Waals surface area contributed by atoms with Crippen LogP contribution in [-0.4, -0.2) is 16.0 Å². The van der Waals surface area contributed by atoms with Crippen molar-refractivity contribution in [3.8, 4) is 0 Å². The second-order valence-corrected chi connectivity index (χ2v) is 4.13. The van der Waals surface area contributed by atoms with Crippen molar-refractivity contribution < 1.29 is 9.90 Å². The number of amides is 1. The Morgan fingerprint density at radius 2 is 2.18 bits per heavy atom. The Morgan fingerprint density at radius 1 is 1.47 bits per heavy atom. The molecule has 2 N–H and O–H groups in total. The van der Waals surface area contributed by atoms with Crippen LogP contribution in [0.5, 0.6) is 0 Å². The molecule has 1 rings (SSSR count). The SMILES string of the molecule is CCC(CC)CC(=O)Nc1cnccc1CO. The van der Waals surface area contributed by atoms with E-state index < -0.39 is 0 Å². The first-order valence-electron chi connectivity index (χ1n) is 6.04. The Kier molecular flexibility index (Phi) is 5.63. The lowest BCUT2D eigenvalue weighted by atomic mass is 9.99. The highest BCUT2D eigenvalue weighted by Crippen LogP contribution is 2.16. The van der Waals surface area contributed by atoms with Gasteiger partial charge < -0.3 is 10.4 Å². The molecule has 0 bridgehead atoms. The van der Waals surface area contributed by atoms with Gasteiger partial charge in [0.1, 0.15) is 0 Å². The number of anilines is 1. The van der Waals surface area contributed by atoms with Gasteiger partial charge in [-0.2, -0.15) is 0 Å². The van der Waals surface area contributed by atoms with Crippen molar-refractivity contribution >= 4 is 11.6 Å². The summed E-state index contributed by atoms with van der Waals surface area (Å²) in [6.45, 7) is 4.08. The first-order chi connectivity index (χ1) is 8.21. The number of pyridine rings is 1. The van der Waals surface area contributed by atoms with E-state index in [1.165, 1.54) is 0 Å². The molecule has 0 aromatic carbocycles. The number of aliphatic hydroxyl groups is 1. The van der Waals surface area contributed by atoms with Crippen molar-refractivity contribution in [3.05, 3.63) is 24.0 Å². The van der Waals surface area contributed by atoms with Crippen molar-refractivity contribution in [3.63, 3.8) is 0 Å². The molecule has 0 saturated carbocycles. The van der Waals surface area contributed by atoms with Crippen LogP contribution in [0.15, 0.2) is 18.5 Å². The zero-order valence-corrected chi connectivity index (χ0v) is 10.4. The number of nitrogens with zero attached hydrogens (tertiary/aromatic N) is 1. The molecular formula is C13H20N2O2. The van der Waals surface area contributed by atoms with Gasteiger partial charge in [0.25, 0.3) is 0 Å². The van der Waals surface area contributed by atoms with E-state index >= 15 is 0 Å². The summed E-state index contributed by atoms with van der Waals surface area (Å²) in [5.74, 6) is 0.408. The Bertz CT molecular complexity index is 362. The number of carbonyl (C=O) groups excluding carboxylic acids is 1. The van der Waals surface area contributed by atoms with E-state index in [1.54, 1.807) is 18.5 Å². The number of rotatable bonds is 6. The first kappa shape index (κ1) is 13.6. The number of aliphatic hydroxyl groups excluding tert-OH is 1. The van der Waals surface area contributed by atoms with Crippen LogP contribution < -0.4 is 5.32 Å². The largest absolute Gasteiger partial charge is 0.392 e. The van der Waals surface area contributed by atoms with E-state index in [-0.39, 0.29) is 12.5 Å². The van der Waals surface area contributed by atoms with Crippen molar-refractivity contribution in [2.75, 3.05) is 5.32 Å². The lowest BCUT2D eigenvalue weighted by molar-refractivity contribution is -0.117. The Labute approximate surface area is 102 Å². The summed E-state index contributed by atoms with van der Waals surface area (Å²) < 4.78 is 0. The molecule has 0 radical (unpaired) electrons. The monoisotopic (exact) mass is 236 g/mol. The van der Waals surface area contributed by atoms with Crippen molar-refractivity contribution in [1.82, 2.24) is 4.98 Å². The Morgan fingerprint density at radius 3 is 2.76 bits per heavy atom. The number of carbonyl (C=O) groups is 1. The predicted molar refractivity (Wildman–Crippen MR) is 67.5 cm³/mol. The summed E-state index contributed by atoms with van der Waals surface area (Å²) in [5, 5.41) is 11.9. The van der Waals surface area contributed by atoms with E-state index in [1.807, 2.05) is 0 Å². The number of nitrogens with one attached hydrogen (secondary N) is 1. The zero-order chi connectivity index (χ0) is 12.7. The molecule has 1 heterocycles. The normalized spacial score (nSPS) is 10.6. The van der Waals surface area contributed by atoms with E-state index in [0.717, 1.165) is 12.8 Å². The fourth-order valence-electron chi connectivity index (χ4n) is 1.71. The maximum absolute atomic E-state index is 11.8. The second kappa shape index (κ2) is 7.01. The highest BCUT2D eigenvalue weighted by molar-refractivity contribution is 5.91. The fraction of sp³-hybridized carbons (Fsp3) is 0.538. The first-order valence-corrected chi connectivity index (χ1v) is 6.04. The summed E-state index contributed by atoms with van der Waals surface area (Å²) in [4.78, 5) is 15.7. The Balaban J connectivity index is 2.61. The van der Waals surface area contributed by atoms with Gasteiger partial charge in [0.2, 0.25) is 5.91 Å². The van der Waals surface area contributed by atoms with Gasteiger partial charge in [-0.05, 0) is 12.0 Å². The van der Waals surface area contributed by atoms with Gasteiger partial charge in [0.05, 0.1) is 18.5 Å². The minimum absolute atomic E-state index is 0.0126. The molecule has 94 valence electrons. The van der Waals surface area contributed by atoms with Crippen LogP contribution in [0.2, 0.25) is 0 Å². The zero-order valence-electron chi connectivity index (χ0n) is 10.4. The minimum Gasteiger partial charge on any atom is -0.392 e. The summed E-state index contributed by atoms with van der Waals surface area (Å²) in [7, 11) is 0. The van der Waals surface area contributed by atoms with Gasteiger partial charge >= 0.3 is 0 Å². The predicted octanol–water partition coefficient (Wildman–Crippen LogP) is 2.34. The van der Waals surface area contributed by atoms with Gasteiger partial charge in [-0.25, -0.2) is 0 Å². The lowest BCUT2D eigenvalue weighted by Gasteiger charge is -2.13. The van der Waals surface area contributed by atoms with Crippen LogP contribution in [0.1, 0.15) is 38.7 Å². The molecule has 0 aliphatic carbocycles. The van der Waals surface area contributed by atoms with E-state index in [9.17, 15) is 4.79 Å². The highest BCUT2D eigenvalue weighted by Gasteiger charge is 2.11. The molecule has 4 nitrogen and oxygen atoms in total. The van der Waals surface area contributed by atoms with Crippen molar-refractivity contribution in [1.29, 1.82) is 0 Å². The summed E-state index contributed by atoms with van der Waals surface area (Å²) in [6.07, 6.45) is 5.69. The van der Waals surface area contributed by atoms with E-state index in [4.69, 9.17) is 5.11 Å². The van der Waals surface area contributed by atoms with E-state index in [0.29, 0.717) is 23.6 Å². The molecule has 0 fully saturated rings. The Hall–Kier alpha value is -1.42. The van der Waals surface area contributed by atoms with Gasteiger partial charge in [0, 0.05) is 18.2 Å². The van der Waals surface area contributed by atoms with Gasteiger partial charge in [-0.15, -0.1) is 0 Å². The van der Waals surface area contributed by atoms with Crippen LogP contribution >= 0.6 is 0 Å². The molecule has 0 saturated heterocycles. The smallest absolute Gasteiger partial charge is 0.224 e. The van der Waals surface area contributed by atoms with Crippen molar-refractivity contribution in [2.45, 2.75) is 39.7 Å². The van der Waals surface area contributed by atoms with Gasteiger partial charge in [-0.1, -0.05) is 26.7 Å². The molecule has 1 aromatic rings. The molecule has 0 aliphatic heterocycles. The molecule has 4 heteroatoms. The molecule has 0 unspecified atom stereocenters. The van der Waals surface area contributed by atoms with Crippen LogP contribution in [0.4, 0.5) is 5.69 Å². The highest BCUT2D eigenvalue weighted by atomic mass is 16.3. The van der Waals surface area contributed by atoms with Gasteiger partial charge in [-0.3, -0.25) is 9.78 Å². The average molecular weight is 236 g/mol. The van der Waals surface area contributed by atoms with Crippen LogP contribution in [0, 0.1) is 5.92 Å². The third kappa shape index (κ3) is 4.15. The van der Waals surface area contributed by atoms with Crippen LogP contribution in [0.3, 0.4) is 0 Å². The van der Waals surface area contributed by atoms with Crippen LogP contribution in [-0.2, 0) is 11.4 Å². The summed E-state index contributed by atoms with van der Waals surface area (Å²) >= 11 is 0. The maximum atomic E-state index is 11.8. The number of hydrogen-bond donors (Lipinski definition) is 2. The standard InChI is InChI=1S/C13H20N2O2/c1-3-10(4-2)7-13(17)15-12-8-14-6-5-11(12)9-16/h5-6,8,10,16H,3-4,7,9H2,1-2H3,(H,15,17). The van der Waals surface area contributed by atoms with Crippen molar-refractivity contribution in [2.24, 2.45) is 5.92 Å². The number of aromatic nitrogens is 1. The maximum Gasteiger partial charge on any atom is 0.224 e. The summed E-state index contributed by atoms with van der Waals surface area (Å²) in [5.41, 5.74) is 1.30. The molecule has 0 spiro atoms. The minimum atomic E-state index is -0.0941. The number of hydrogen-bond acceptors (Lipinski definition) is 3. The van der Waals surface area contributed by atoms with Gasteiger partial charge in [0.15, 0.2) is 0 Å². The summed E-state index contributed by atoms with van der Waals surface area (Å²) in [6, 6.07) is 1.70. The topological polar surface area (TPSA) is 62.2 Å². The molecule has 1 amide bonds. The molecule has 1 aromatic heterocycles. The third-order valence-corrected chi connectivity index (χ3v) is 2.98. The van der Waals surface area contributed by atoms with E-state index in [2.05, 4.69) is 24.1 Å². The van der Waals surface area contributed by atoms with Crippen LogP contribution in [0.25, 0.3) is 0 Å². The molecular weight excluding hydrogens is 216 g/mol. The third-order valence-electron chi connectivity index (χ3n) is 2.98.